The number of hydrogen-bond acceptors (Lipinski definition) is 3. The van der Waals surface area contributed by atoms with Crippen LogP contribution in [0.15, 0.2) is 28.9 Å². The largest absolute Gasteiger partial charge is 0.294 e. The van der Waals surface area contributed by atoms with Gasteiger partial charge in [-0.1, -0.05) is 27.2 Å². The highest BCUT2D eigenvalue weighted by Crippen LogP contribution is 2.25. The molecule has 88 valence electrons. The maximum Gasteiger partial charge on any atom is 0.0722 e. The molecule has 0 aliphatic carbocycles. The Morgan fingerprint density at radius 3 is 3.00 bits per heavy atom. The molecule has 1 aromatic heterocycles. The van der Waals surface area contributed by atoms with Crippen molar-refractivity contribution >= 4 is 15.9 Å². The number of aromatic nitrogens is 3. The van der Waals surface area contributed by atoms with Crippen LogP contribution in [0.25, 0.3) is 0 Å². The van der Waals surface area contributed by atoms with Gasteiger partial charge in [0.1, 0.15) is 0 Å². The first-order valence-corrected chi connectivity index (χ1v) is 6.45. The molecule has 0 fully saturated rings. The number of H-pyrrole nitrogens is 1. The minimum Gasteiger partial charge on any atom is -0.294 e. The van der Waals surface area contributed by atoms with Crippen molar-refractivity contribution in [3.63, 3.8) is 0 Å². The van der Waals surface area contributed by atoms with Crippen LogP contribution in [0, 0.1) is 0 Å². The van der Waals surface area contributed by atoms with E-state index < -0.39 is 0 Å². The zero-order valence-electron chi connectivity index (χ0n) is 9.36. The molecule has 0 saturated heterocycles. The van der Waals surface area contributed by atoms with E-state index in [-0.39, 0.29) is 0 Å². The Hall–Kier alpha value is -1.20. The number of fused-ring (bicyclic) bond motifs is 1. The van der Waals surface area contributed by atoms with Gasteiger partial charge in [-0.2, -0.15) is 0 Å². The van der Waals surface area contributed by atoms with Crippen molar-refractivity contribution in [2.45, 2.75) is 19.5 Å². The van der Waals surface area contributed by atoms with Gasteiger partial charge in [-0.05, 0) is 23.3 Å². The summed E-state index contributed by atoms with van der Waals surface area (Å²) in [6, 6.07) is 6.53. The van der Waals surface area contributed by atoms with E-state index in [1.165, 1.54) is 11.1 Å². The van der Waals surface area contributed by atoms with Gasteiger partial charge in [-0.3, -0.25) is 10.00 Å². The van der Waals surface area contributed by atoms with Crippen LogP contribution in [0.2, 0.25) is 0 Å². The molecule has 0 saturated carbocycles. The van der Waals surface area contributed by atoms with Crippen LogP contribution in [0.5, 0.6) is 0 Å². The lowest BCUT2D eigenvalue weighted by Gasteiger charge is -2.13. The molecule has 17 heavy (non-hydrogen) atoms. The number of halogens is 1. The fourth-order valence-corrected chi connectivity index (χ4v) is 2.62. The van der Waals surface area contributed by atoms with Gasteiger partial charge >= 0.3 is 0 Å². The SMILES string of the molecule is Brc1ccc2c(c1)CN(CCc1cnn[nH]1)C2. The molecular formula is C12H13BrN4. The number of rotatable bonds is 3. The summed E-state index contributed by atoms with van der Waals surface area (Å²) in [4.78, 5) is 2.44. The van der Waals surface area contributed by atoms with E-state index in [0.29, 0.717) is 0 Å². The standard InChI is InChI=1S/C12H13BrN4/c13-11-2-1-9-7-17(8-10(9)5-11)4-3-12-6-14-16-15-12/h1-2,5-6H,3-4,7-8H2,(H,14,15,16). The number of hydrogen-bond donors (Lipinski definition) is 1. The predicted octanol–water partition coefficient (Wildman–Crippen LogP) is 2.13. The van der Waals surface area contributed by atoms with Gasteiger partial charge in [-0.15, -0.1) is 5.10 Å². The Balaban J connectivity index is 1.62. The molecule has 0 spiro atoms. The van der Waals surface area contributed by atoms with Crippen LogP contribution >= 0.6 is 15.9 Å². The number of benzene rings is 1. The second-order valence-electron chi connectivity index (χ2n) is 4.36. The number of nitrogens with zero attached hydrogens (tertiary/aromatic N) is 3. The van der Waals surface area contributed by atoms with E-state index >= 15 is 0 Å². The van der Waals surface area contributed by atoms with Crippen molar-refractivity contribution in [3.8, 4) is 0 Å². The Morgan fingerprint density at radius 2 is 2.18 bits per heavy atom. The summed E-state index contributed by atoms with van der Waals surface area (Å²) in [7, 11) is 0. The van der Waals surface area contributed by atoms with Gasteiger partial charge in [0.15, 0.2) is 0 Å². The van der Waals surface area contributed by atoms with Crippen LogP contribution in [-0.2, 0) is 19.5 Å². The van der Waals surface area contributed by atoms with E-state index in [1.54, 1.807) is 6.20 Å². The van der Waals surface area contributed by atoms with Crippen molar-refractivity contribution in [1.29, 1.82) is 0 Å². The van der Waals surface area contributed by atoms with E-state index in [0.717, 1.165) is 36.2 Å². The first kappa shape index (κ1) is 10.9. The van der Waals surface area contributed by atoms with Crippen LogP contribution in [0.1, 0.15) is 16.8 Å². The first-order valence-electron chi connectivity index (χ1n) is 5.66. The highest BCUT2D eigenvalue weighted by Gasteiger charge is 2.18. The van der Waals surface area contributed by atoms with Crippen molar-refractivity contribution in [1.82, 2.24) is 20.3 Å². The maximum absolute atomic E-state index is 3.79. The van der Waals surface area contributed by atoms with Crippen molar-refractivity contribution in [2.24, 2.45) is 0 Å². The average molecular weight is 293 g/mol. The lowest BCUT2D eigenvalue weighted by atomic mass is 10.1. The van der Waals surface area contributed by atoms with Gasteiger partial charge in [0.25, 0.3) is 0 Å². The summed E-state index contributed by atoms with van der Waals surface area (Å²) in [6.07, 6.45) is 2.77. The van der Waals surface area contributed by atoms with E-state index in [2.05, 4.69) is 54.4 Å². The van der Waals surface area contributed by atoms with Gasteiger partial charge in [-0.25, -0.2) is 0 Å². The van der Waals surface area contributed by atoms with Crippen LogP contribution in [-0.4, -0.2) is 26.9 Å². The van der Waals surface area contributed by atoms with Crippen molar-refractivity contribution in [2.75, 3.05) is 6.54 Å². The first-order chi connectivity index (χ1) is 8.31. The highest BCUT2D eigenvalue weighted by molar-refractivity contribution is 9.10. The maximum atomic E-state index is 3.79. The van der Waals surface area contributed by atoms with E-state index in [1.807, 2.05) is 0 Å². The molecular weight excluding hydrogens is 280 g/mol. The van der Waals surface area contributed by atoms with Gasteiger partial charge in [0.2, 0.25) is 0 Å². The third kappa shape index (κ3) is 2.40. The molecule has 1 aromatic carbocycles. The average Bonchev–Trinajstić information content (AvgIpc) is 2.94. The fraction of sp³-hybridized carbons (Fsp3) is 0.333. The van der Waals surface area contributed by atoms with Crippen molar-refractivity contribution < 1.29 is 0 Å². The summed E-state index contributed by atoms with van der Waals surface area (Å²) in [5, 5.41) is 10.4. The molecule has 0 amide bonds. The van der Waals surface area contributed by atoms with Gasteiger partial charge in [0, 0.05) is 30.5 Å². The molecule has 0 radical (unpaired) electrons. The zero-order chi connectivity index (χ0) is 11.7. The monoisotopic (exact) mass is 292 g/mol. The quantitative estimate of drug-likeness (QED) is 0.943. The summed E-state index contributed by atoms with van der Waals surface area (Å²) < 4.78 is 1.16. The predicted molar refractivity (Wildman–Crippen MR) is 68.3 cm³/mol. The molecule has 1 N–H and O–H groups in total. The summed E-state index contributed by atoms with van der Waals surface area (Å²) in [5.74, 6) is 0. The Bertz CT molecular complexity index is 509. The minimum absolute atomic E-state index is 0.974. The molecule has 2 aromatic rings. The minimum atomic E-state index is 0.974. The van der Waals surface area contributed by atoms with E-state index in [4.69, 9.17) is 0 Å². The summed E-state index contributed by atoms with van der Waals surface area (Å²) >= 11 is 3.52. The lowest BCUT2D eigenvalue weighted by Crippen LogP contribution is -2.19. The molecule has 0 atom stereocenters. The molecule has 0 unspecified atom stereocenters. The molecule has 4 nitrogen and oxygen atoms in total. The number of nitrogens with one attached hydrogen (secondary N) is 1. The van der Waals surface area contributed by atoms with Crippen LogP contribution < -0.4 is 0 Å². The summed E-state index contributed by atoms with van der Waals surface area (Å²) in [6.45, 7) is 3.12. The smallest absolute Gasteiger partial charge is 0.0722 e. The Morgan fingerprint density at radius 1 is 1.29 bits per heavy atom. The fourth-order valence-electron chi connectivity index (χ4n) is 2.21. The molecule has 5 heteroatoms. The Labute approximate surface area is 108 Å². The van der Waals surface area contributed by atoms with Crippen LogP contribution in [0.3, 0.4) is 0 Å². The molecule has 2 heterocycles. The molecule has 3 rings (SSSR count). The summed E-state index contributed by atoms with van der Waals surface area (Å²) in [5.41, 5.74) is 3.97. The Kier molecular flexibility index (Phi) is 2.94. The molecule has 0 bridgehead atoms. The lowest BCUT2D eigenvalue weighted by molar-refractivity contribution is 0.287. The molecule has 1 aliphatic rings. The second kappa shape index (κ2) is 4.58. The van der Waals surface area contributed by atoms with E-state index in [9.17, 15) is 0 Å². The van der Waals surface area contributed by atoms with Gasteiger partial charge in [0.05, 0.1) is 11.9 Å². The van der Waals surface area contributed by atoms with Crippen molar-refractivity contribution in [3.05, 3.63) is 45.7 Å². The second-order valence-corrected chi connectivity index (χ2v) is 5.27. The normalized spacial score (nSPS) is 15.1. The van der Waals surface area contributed by atoms with Crippen LogP contribution in [0.4, 0.5) is 0 Å². The van der Waals surface area contributed by atoms with Gasteiger partial charge < -0.3 is 0 Å². The topological polar surface area (TPSA) is 44.8 Å². The third-order valence-corrected chi connectivity index (χ3v) is 3.61. The number of aromatic amines is 1. The third-order valence-electron chi connectivity index (χ3n) is 3.12. The molecule has 1 aliphatic heterocycles. The zero-order valence-corrected chi connectivity index (χ0v) is 10.9. The highest BCUT2D eigenvalue weighted by atomic mass is 79.9.